The Labute approximate surface area is 152 Å². The fourth-order valence-electron chi connectivity index (χ4n) is 2.73. The van der Waals surface area contributed by atoms with Crippen LogP contribution in [0.1, 0.15) is 24.1 Å². The smallest absolute Gasteiger partial charge is 0.319 e. The Kier molecular flexibility index (Phi) is 5.49. The molecule has 0 aliphatic carbocycles. The van der Waals surface area contributed by atoms with Gasteiger partial charge in [-0.1, -0.05) is 18.1 Å². The molecule has 3 rings (SSSR count). The SMILES string of the molecule is CN1C[C@@H](NC(=O)Nc2cccc(C#Cc3ccccn3)c2)CCC1=O. The van der Waals surface area contributed by atoms with Gasteiger partial charge in [-0.15, -0.1) is 0 Å². The lowest BCUT2D eigenvalue weighted by Crippen LogP contribution is -2.49. The summed E-state index contributed by atoms with van der Waals surface area (Å²) in [5, 5.41) is 5.72. The van der Waals surface area contributed by atoms with E-state index in [0.29, 0.717) is 30.8 Å². The first-order valence-electron chi connectivity index (χ1n) is 8.45. The van der Waals surface area contributed by atoms with Crippen LogP contribution in [0.5, 0.6) is 0 Å². The van der Waals surface area contributed by atoms with Gasteiger partial charge in [0, 0.05) is 43.5 Å². The first kappa shape index (κ1) is 17.5. The minimum absolute atomic E-state index is 0.0372. The fraction of sp³-hybridized carbons (Fsp3) is 0.250. The summed E-state index contributed by atoms with van der Waals surface area (Å²) in [5.74, 6) is 6.14. The summed E-state index contributed by atoms with van der Waals surface area (Å²) in [7, 11) is 1.75. The number of carbonyl (C=O) groups excluding carboxylic acids is 2. The van der Waals surface area contributed by atoms with Gasteiger partial charge < -0.3 is 15.5 Å². The molecule has 2 N–H and O–H groups in total. The molecule has 0 bridgehead atoms. The molecular formula is C20H20N4O2. The number of likely N-dealkylation sites (N-methyl/N-ethyl adjacent to an activating group) is 1. The maximum absolute atomic E-state index is 12.2. The van der Waals surface area contributed by atoms with E-state index in [1.54, 1.807) is 18.1 Å². The minimum atomic E-state index is -0.285. The van der Waals surface area contributed by atoms with Crippen LogP contribution in [0.15, 0.2) is 48.7 Å². The average molecular weight is 348 g/mol. The van der Waals surface area contributed by atoms with Gasteiger partial charge in [-0.25, -0.2) is 9.78 Å². The predicted octanol–water partition coefficient (Wildman–Crippen LogP) is 2.22. The molecule has 1 saturated heterocycles. The van der Waals surface area contributed by atoms with Gasteiger partial charge in [-0.05, 0) is 42.7 Å². The monoisotopic (exact) mass is 348 g/mol. The lowest BCUT2D eigenvalue weighted by atomic mass is 10.1. The molecule has 1 atom stereocenters. The Balaban J connectivity index is 1.59. The molecule has 6 nitrogen and oxygen atoms in total. The largest absolute Gasteiger partial charge is 0.344 e. The molecule has 132 valence electrons. The molecule has 1 aromatic heterocycles. The van der Waals surface area contributed by atoms with E-state index in [2.05, 4.69) is 27.5 Å². The molecule has 6 heteroatoms. The van der Waals surface area contributed by atoms with Crippen LogP contribution in [0.3, 0.4) is 0 Å². The van der Waals surface area contributed by atoms with Gasteiger partial charge in [-0.2, -0.15) is 0 Å². The van der Waals surface area contributed by atoms with Crippen molar-refractivity contribution >= 4 is 17.6 Å². The third kappa shape index (κ3) is 4.84. The van der Waals surface area contributed by atoms with E-state index in [4.69, 9.17) is 0 Å². The highest BCUT2D eigenvalue weighted by atomic mass is 16.2. The van der Waals surface area contributed by atoms with Gasteiger partial charge in [0.15, 0.2) is 0 Å². The number of pyridine rings is 1. The van der Waals surface area contributed by atoms with Crippen LogP contribution in [0.4, 0.5) is 10.5 Å². The van der Waals surface area contributed by atoms with Crippen molar-refractivity contribution in [1.82, 2.24) is 15.2 Å². The Morgan fingerprint density at radius 2 is 2.12 bits per heavy atom. The summed E-state index contributed by atoms with van der Waals surface area (Å²) in [6, 6.07) is 12.6. The van der Waals surface area contributed by atoms with Gasteiger partial charge in [0.25, 0.3) is 0 Å². The lowest BCUT2D eigenvalue weighted by molar-refractivity contribution is -0.132. The number of likely N-dealkylation sites (tertiary alicyclic amines) is 1. The van der Waals surface area contributed by atoms with Crippen molar-refractivity contribution in [3.8, 4) is 11.8 Å². The minimum Gasteiger partial charge on any atom is -0.344 e. The highest BCUT2D eigenvalue weighted by Gasteiger charge is 2.23. The quantitative estimate of drug-likeness (QED) is 0.817. The van der Waals surface area contributed by atoms with Crippen molar-refractivity contribution in [2.75, 3.05) is 18.9 Å². The van der Waals surface area contributed by atoms with Crippen LogP contribution in [-0.4, -0.2) is 41.5 Å². The highest BCUT2D eigenvalue weighted by molar-refractivity contribution is 5.90. The molecule has 2 heterocycles. The molecule has 0 saturated carbocycles. The van der Waals surface area contributed by atoms with Gasteiger partial charge in [0.2, 0.25) is 5.91 Å². The maximum Gasteiger partial charge on any atom is 0.319 e. The van der Waals surface area contributed by atoms with E-state index in [0.717, 1.165) is 5.56 Å². The topological polar surface area (TPSA) is 74.3 Å². The summed E-state index contributed by atoms with van der Waals surface area (Å²) in [5.41, 5.74) is 2.14. The zero-order chi connectivity index (χ0) is 18.4. The Morgan fingerprint density at radius 1 is 1.23 bits per heavy atom. The molecule has 1 aliphatic rings. The molecule has 1 aliphatic heterocycles. The van der Waals surface area contributed by atoms with Crippen molar-refractivity contribution in [2.24, 2.45) is 0 Å². The predicted molar refractivity (Wildman–Crippen MR) is 99.5 cm³/mol. The molecule has 0 spiro atoms. The Morgan fingerprint density at radius 3 is 2.88 bits per heavy atom. The summed E-state index contributed by atoms with van der Waals surface area (Å²) < 4.78 is 0. The first-order valence-corrected chi connectivity index (χ1v) is 8.45. The first-order chi connectivity index (χ1) is 12.6. The molecule has 0 radical (unpaired) electrons. The third-order valence-corrected chi connectivity index (χ3v) is 4.08. The molecular weight excluding hydrogens is 328 g/mol. The number of aromatic nitrogens is 1. The number of nitrogens with one attached hydrogen (secondary N) is 2. The number of urea groups is 1. The summed E-state index contributed by atoms with van der Waals surface area (Å²) in [6.45, 7) is 0.530. The normalized spacial score (nSPS) is 16.4. The number of rotatable bonds is 2. The second kappa shape index (κ2) is 8.17. The van der Waals surface area contributed by atoms with E-state index >= 15 is 0 Å². The van der Waals surface area contributed by atoms with Gasteiger partial charge in [-0.3, -0.25) is 4.79 Å². The van der Waals surface area contributed by atoms with Crippen LogP contribution in [0.25, 0.3) is 0 Å². The highest BCUT2D eigenvalue weighted by Crippen LogP contribution is 2.12. The van der Waals surface area contributed by atoms with Crippen molar-refractivity contribution in [2.45, 2.75) is 18.9 Å². The number of nitrogens with zero attached hydrogens (tertiary/aromatic N) is 2. The summed E-state index contributed by atoms with van der Waals surface area (Å²) >= 11 is 0. The van der Waals surface area contributed by atoms with E-state index < -0.39 is 0 Å². The van der Waals surface area contributed by atoms with Gasteiger partial charge in [0.1, 0.15) is 5.69 Å². The van der Waals surface area contributed by atoms with Crippen LogP contribution in [-0.2, 0) is 4.79 Å². The van der Waals surface area contributed by atoms with Gasteiger partial charge in [0.05, 0.1) is 0 Å². The second-order valence-corrected chi connectivity index (χ2v) is 6.15. The van der Waals surface area contributed by atoms with Crippen molar-refractivity contribution in [1.29, 1.82) is 0 Å². The molecule has 1 fully saturated rings. The number of anilines is 1. The number of benzene rings is 1. The standard InChI is InChI=1S/C20H20N4O2/c1-24-14-18(10-11-19(24)25)23-20(26)22-17-7-4-5-15(13-17)8-9-16-6-2-3-12-21-16/h2-7,12-13,18H,10-11,14H2,1H3,(H2,22,23,26)/t18-/m0/s1. The lowest BCUT2D eigenvalue weighted by Gasteiger charge is -2.30. The van der Waals surface area contributed by atoms with E-state index in [1.807, 2.05) is 42.5 Å². The van der Waals surface area contributed by atoms with Crippen molar-refractivity contribution < 1.29 is 9.59 Å². The summed E-state index contributed by atoms with van der Waals surface area (Å²) in [4.78, 5) is 29.5. The zero-order valence-corrected chi connectivity index (χ0v) is 14.5. The maximum atomic E-state index is 12.2. The molecule has 3 amide bonds. The summed E-state index contributed by atoms with van der Waals surface area (Å²) in [6.07, 6.45) is 2.81. The van der Waals surface area contributed by atoms with Crippen molar-refractivity contribution in [3.05, 3.63) is 59.9 Å². The van der Waals surface area contributed by atoms with E-state index in [-0.39, 0.29) is 18.0 Å². The van der Waals surface area contributed by atoms with Crippen molar-refractivity contribution in [3.63, 3.8) is 0 Å². The van der Waals surface area contributed by atoms with Crippen LogP contribution < -0.4 is 10.6 Å². The number of hydrogen-bond donors (Lipinski definition) is 2. The van der Waals surface area contributed by atoms with E-state index in [9.17, 15) is 9.59 Å². The molecule has 26 heavy (non-hydrogen) atoms. The molecule has 1 aromatic carbocycles. The average Bonchev–Trinajstić information content (AvgIpc) is 2.64. The Hall–Kier alpha value is -3.33. The zero-order valence-electron chi connectivity index (χ0n) is 14.5. The number of piperidine rings is 1. The molecule has 2 aromatic rings. The number of hydrogen-bond acceptors (Lipinski definition) is 3. The van der Waals surface area contributed by atoms with E-state index in [1.165, 1.54) is 0 Å². The third-order valence-electron chi connectivity index (χ3n) is 4.08. The second-order valence-electron chi connectivity index (χ2n) is 6.15. The fourth-order valence-corrected chi connectivity index (χ4v) is 2.73. The van der Waals surface area contributed by atoms with Crippen LogP contribution in [0, 0.1) is 11.8 Å². The van der Waals surface area contributed by atoms with Crippen LogP contribution >= 0.6 is 0 Å². The Bertz CT molecular complexity index is 855. The molecule has 0 unspecified atom stereocenters. The number of carbonyl (C=O) groups is 2. The van der Waals surface area contributed by atoms with Gasteiger partial charge >= 0.3 is 6.03 Å². The number of amides is 3. The van der Waals surface area contributed by atoms with Crippen LogP contribution in [0.2, 0.25) is 0 Å².